The summed E-state index contributed by atoms with van der Waals surface area (Å²) in [5.41, 5.74) is 4.32. The summed E-state index contributed by atoms with van der Waals surface area (Å²) in [6, 6.07) is 4.32. The molecule has 1 fully saturated rings. The van der Waals surface area contributed by atoms with E-state index in [4.69, 9.17) is 18.9 Å². The monoisotopic (exact) mass is 469 g/mol. The number of nitrogens with zero attached hydrogens (tertiary/aromatic N) is 2. The lowest BCUT2D eigenvalue weighted by Crippen LogP contribution is -2.51. The molecule has 0 spiro atoms. The predicted molar refractivity (Wildman–Crippen MR) is 129 cm³/mol. The first-order valence-corrected chi connectivity index (χ1v) is 12.1. The maximum Gasteiger partial charge on any atom is 0.337 e. The molecule has 8 heteroatoms. The molecule has 1 unspecified atom stereocenters. The van der Waals surface area contributed by atoms with Gasteiger partial charge in [0.1, 0.15) is 6.61 Å². The largest absolute Gasteiger partial charge is 0.497 e. The number of esters is 1. The molecule has 1 aromatic carbocycles. The van der Waals surface area contributed by atoms with Crippen LogP contribution < -0.4 is 9.47 Å². The topological polar surface area (TPSA) is 76.3 Å². The Morgan fingerprint density at radius 1 is 1.24 bits per heavy atom. The molecule has 3 aliphatic heterocycles. The molecule has 3 aliphatic rings. The molecule has 184 valence electrons. The number of aromatic nitrogens is 1. The van der Waals surface area contributed by atoms with Crippen molar-refractivity contribution in [1.29, 1.82) is 0 Å². The van der Waals surface area contributed by atoms with E-state index in [0.717, 1.165) is 42.9 Å². The van der Waals surface area contributed by atoms with E-state index < -0.39 is 0 Å². The van der Waals surface area contributed by atoms with Gasteiger partial charge in [-0.2, -0.15) is 0 Å². The second kappa shape index (κ2) is 9.15. The smallest absolute Gasteiger partial charge is 0.337 e. The Labute approximate surface area is 200 Å². The van der Waals surface area contributed by atoms with Gasteiger partial charge in [-0.05, 0) is 45.5 Å². The van der Waals surface area contributed by atoms with Gasteiger partial charge in [-0.1, -0.05) is 0 Å². The van der Waals surface area contributed by atoms with E-state index in [1.54, 1.807) is 20.5 Å². The fraction of sp³-hybridized carbons (Fsp3) is 0.577. The van der Waals surface area contributed by atoms with Crippen molar-refractivity contribution >= 4 is 16.9 Å². The first-order valence-electron chi connectivity index (χ1n) is 12.1. The summed E-state index contributed by atoms with van der Waals surface area (Å²) >= 11 is 0. The summed E-state index contributed by atoms with van der Waals surface area (Å²) in [6.07, 6.45) is 3.57. The number of fused-ring (bicyclic) bond motifs is 6. The van der Waals surface area contributed by atoms with Crippen molar-refractivity contribution in [3.63, 3.8) is 0 Å². The van der Waals surface area contributed by atoms with Crippen LogP contribution in [0.4, 0.5) is 0 Å². The summed E-state index contributed by atoms with van der Waals surface area (Å²) in [6.45, 7) is 5.08. The average Bonchev–Trinajstić information content (AvgIpc) is 3.20. The molecule has 1 N–H and O–H groups in total. The van der Waals surface area contributed by atoms with Crippen molar-refractivity contribution in [3.05, 3.63) is 35.2 Å². The van der Waals surface area contributed by atoms with Crippen LogP contribution in [0.25, 0.3) is 10.9 Å². The number of aromatic amines is 1. The van der Waals surface area contributed by atoms with Gasteiger partial charge < -0.3 is 28.8 Å². The van der Waals surface area contributed by atoms with Crippen LogP contribution in [-0.2, 0) is 20.7 Å². The molecule has 1 saturated heterocycles. The summed E-state index contributed by atoms with van der Waals surface area (Å²) < 4.78 is 22.6. The van der Waals surface area contributed by atoms with Gasteiger partial charge in [0.2, 0.25) is 0 Å². The van der Waals surface area contributed by atoms with Crippen LogP contribution in [0.15, 0.2) is 24.0 Å². The van der Waals surface area contributed by atoms with Gasteiger partial charge >= 0.3 is 5.97 Å². The van der Waals surface area contributed by atoms with E-state index in [-0.39, 0.29) is 30.0 Å². The fourth-order valence-corrected chi connectivity index (χ4v) is 5.85. The fourth-order valence-electron chi connectivity index (χ4n) is 5.85. The van der Waals surface area contributed by atoms with E-state index in [1.807, 2.05) is 25.1 Å². The highest BCUT2D eigenvalue weighted by Crippen LogP contribution is 2.48. The Morgan fingerprint density at radius 2 is 2.00 bits per heavy atom. The first-order chi connectivity index (χ1) is 16.4. The van der Waals surface area contributed by atoms with E-state index in [2.05, 4.69) is 22.9 Å². The Balaban J connectivity index is 1.45. The van der Waals surface area contributed by atoms with Gasteiger partial charge in [0.15, 0.2) is 11.5 Å². The summed E-state index contributed by atoms with van der Waals surface area (Å²) in [7, 11) is 7.27. The number of benzene rings is 1. The van der Waals surface area contributed by atoms with E-state index in [0.29, 0.717) is 18.7 Å². The van der Waals surface area contributed by atoms with Gasteiger partial charge in [0, 0.05) is 54.1 Å². The van der Waals surface area contributed by atoms with Crippen LogP contribution in [0.3, 0.4) is 0 Å². The molecular formula is C26H35N3O5. The van der Waals surface area contributed by atoms with Gasteiger partial charge in [0.05, 0.1) is 38.2 Å². The molecule has 5 rings (SSSR count). The molecule has 2 aromatic rings. The Bertz CT molecular complexity index is 1110. The quantitative estimate of drug-likeness (QED) is 0.652. The Morgan fingerprint density at radius 3 is 2.74 bits per heavy atom. The molecule has 0 saturated carbocycles. The van der Waals surface area contributed by atoms with Crippen molar-refractivity contribution < 1.29 is 23.7 Å². The van der Waals surface area contributed by atoms with E-state index in [9.17, 15) is 4.79 Å². The molecule has 0 bridgehead atoms. The Hall–Kier alpha value is -2.71. The molecule has 8 nitrogen and oxygen atoms in total. The van der Waals surface area contributed by atoms with Crippen molar-refractivity contribution in [2.45, 2.75) is 31.9 Å². The molecule has 34 heavy (non-hydrogen) atoms. The van der Waals surface area contributed by atoms with Gasteiger partial charge in [0.25, 0.3) is 0 Å². The normalized spacial score (nSPS) is 26.2. The average molecular weight is 470 g/mol. The van der Waals surface area contributed by atoms with Crippen molar-refractivity contribution in [2.24, 2.45) is 11.8 Å². The van der Waals surface area contributed by atoms with E-state index in [1.165, 1.54) is 16.6 Å². The van der Waals surface area contributed by atoms with E-state index >= 15 is 0 Å². The summed E-state index contributed by atoms with van der Waals surface area (Å²) in [4.78, 5) is 21.2. The van der Waals surface area contributed by atoms with Crippen LogP contribution in [0.2, 0.25) is 0 Å². The number of hydrogen-bond donors (Lipinski definition) is 1. The van der Waals surface area contributed by atoms with Gasteiger partial charge in [-0.15, -0.1) is 0 Å². The van der Waals surface area contributed by atoms with Crippen LogP contribution in [0, 0.1) is 11.8 Å². The van der Waals surface area contributed by atoms with Gasteiger partial charge in [-0.25, -0.2) is 4.79 Å². The number of H-pyrrole nitrogens is 1. The summed E-state index contributed by atoms with van der Waals surface area (Å²) in [5, 5.41) is 1.19. The minimum atomic E-state index is -0.251. The highest BCUT2D eigenvalue weighted by atomic mass is 16.5. The molecule has 0 radical (unpaired) electrons. The standard InChI is InChI=1S/C26H35N3O5/c1-15-19-13-29-7-6-16-18-11-23(31-4)24(32-5)12-21(18)27-25(16)22(29)10-17(19)20(14-34-15)26(30)33-9-8-28(2)3/h11-12,14-15,17,19,22,27H,6-10,13H2,1-5H3/t15?,17-,19-,22-/m0/s1. The number of nitrogens with one attached hydrogen (secondary N) is 1. The highest BCUT2D eigenvalue weighted by Gasteiger charge is 2.47. The van der Waals surface area contributed by atoms with Gasteiger partial charge in [-0.3, -0.25) is 4.90 Å². The number of hydrogen-bond acceptors (Lipinski definition) is 7. The lowest BCUT2D eigenvalue weighted by Gasteiger charge is -2.49. The maximum absolute atomic E-state index is 13.0. The van der Waals surface area contributed by atoms with Crippen LogP contribution in [0.5, 0.6) is 11.5 Å². The number of carbonyl (C=O) groups is 1. The number of methoxy groups -OCH3 is 2. The SMILES string of the molecule is COc1cc2[nH]c3c(c2cc1OC)CCN1C[C@H]2C(C)OC=C(C(=O)OCCN(C)C)[C@H]2C[C@@H]31. The van der Waals surface area contributed by atoms with Crippen LogP contribution in [-0.4, -0.2) is 81.4 Å². The van der Waals surface area contributed by atoms with Crippen LogP contribution in [0.1, 0.15) is 30.6 Å². The zero-order chi connectivity index (χ0) is 24.0. The lowest BCUT2D eigenvalue weighted by molar-refractivity contribution is -0.142. The lowest BCUT2D eigenvalue weighted by atomic mass is 9.72. The summed E-state index contributed by atoms with van der Waals surface area (Å²) in [5.74, 6) is 1.59. The maximum atomic E-state index is 13.0. The number of carbonyl (C=O) groups excluding carboxylic acids is 1. The molecule has 4 heterocycles. The molecule has 4 atom stereocenters. The van der Waals surface area contributed by atoms with Crippen LogP contribution >= 0.6 is 0 Å². The zero-order valence-corrected chi connectivity index (χ0v) is 20.7. The molecule has 0 aliphatic carbocycles. The number of likely N-dealkylation sites (N-methyl/N-ethyl adjacent to an activating group) is 1. The third-order valence-electron chi connectivity index (χ3n) is 7.73. The second-order valence-corrected chi connectivity index (χ2v) is 9.89. The zero-order valence-electron chi connectivity index (χ0n) is 20.7. The second-order valence-electron chi connectivity index (χ2n) is 9.89. The molecule has 0 amide bonds. The predicted octanol–water partition coefficient (Wildman–Crippen LogP) is 3.13. The number of piperidine rings is 1. The minimum Gasteiger partial charge on any atom is -0.497 e. The van der Waals surface area contributed by atoms with Crippen molar-refractivity contribution in [3.8, 4) is 11.5 Å². The van der Waals surface area contributed by atoms with Crippen molar-refractivity contribution in [2.75, 3.05) is 54.6 Å². The minimum absolute atomic E-state index is 0.0712. The third kappa shape index (κ3) is 3.92. The highest BCUT2D eigenvalue weighted by molar-refractivity contribution is 5.90. The number of ether oxygens (including phenoxy) is 4. The molecule has 1 aromatic heterocycles. The van der Waals surface area contributed by atoms with Crippen molar-refractivity contribution in [1.82, 2.24) is 14.8 Å². The number of rotatable bonds is 6. The Kier molecular flexibility index (Phi) is 6.20. The molecular weight excluding hydrogens is 434 g/mol. The third-order valence-corrected chi connectivity index (χ3v) is 7.73. The first kappa shape index (κ1) is 23.1.